The van der Waals surface area contributed by atoms with Crippen molar-refractivity contribution in [1.82, 2.24) is 0 Å². The number of carbonyl (C=O) groups is 2. The molecule has 1 aliphatic carbocycles. The monoisotopic (exact) mass is 519 g/mol. The summed E-state index contributed by atoms with van der Waals surface area (Å²) in [4.78, 5) is 24.9. The van der Waals surface area contributed by atoms with Crippen molar-refractivity contribution in [3.05, 3.63) is 64.7 Å². The molecule has 182 valence electrons. The normalized spacial score (nSPS) is 13.2. The van der Waals surface area contributed by atoms with Crippen molar-refractivity contribution in [2.45, 2.75) is 9.79 Å². The van der Waals surface area contributed by atoms with Crippen molar-refractivity contribution in [2.75, 3.05) is 23.9 Å². The summed E-state index contributed by atoms with van der Waals surface area (Å²) in [5.74, 6) is -1.73. The van der Waals surface area contributed by atoms with Gasteiger partial charge >= 0.3 is 0 Å². The summed E-state index contributed by atoms with van der Waals surface area (Å²) in [6, 6.07) is 9.00. The predicted molar refractivity (Wildman–Crippen MR) is 124 cm³/mol. The number of nitrogens with two attached hydrogens (primary N) is 2. The summed E-state index contributed by atoms with van der Waals surface area (Å²) in [6.07, 6.45) is 0. The minimum absolute atomic E-state index is 0.0206. The van der Waals surface area contributed by atoms with Crippen LogP contribution in [0.5, 0.6) is 5.75 Å². The fourth-order valence-corrected chi connectivity index (χ4v) is 5.31. The quantitative estimate of drug-likeness (QED) is 0.189. The molecule has 0 spiro atoms. The highest BCUT2D eigenvalue weighted by atomic mass is 32.2. The topological polar surface area (TPSA) is 216 Å². The van der Waals surface area contributed by atoms with Crippen LogP contribution in [0.15, 0.2) is 52.3 Å². The maximum Gasteiger partial charge on any atom is 0.300 e. The molecule has 7 N–H and O–H groups in total. The second-order valence-corrected chi connectivity index (χ2v) is 10.2. The van der Waals surface area contributed by atoms with E-state index >= 15 is 0 Å². The molecule has 0 bridgehead atoms. The number of benzene rings is 3. The molecule has 0 heterocycles. The first-order valence-electron chi connectivity index (χ1n) is 9.60. The first kappa shape index (κ1) is 24.2. The predicted octanol–water partition coefficient (Wildman–Crippen LogP) is 1.87. The first-order chi connectivity index (χ1) is 16.3. The Morgan fingerprint density at radius 2 is 1.37 bits per heavy atom. The number of ketones is 2. The lowest BCUT2D eigenvalue weighted by Gasteiger charge is -2.24. The number of ether oxygens (including phenoxy) is 1. The number of nitrogens with one attached hydrogen (secondary N) is 1. The van der Waals surface area contributed by atoms with Gasteiger partial charge < -0.3 is 21.5 Å². The van der Waals surface area contributed by atoms with Crippen molar-refractivity contribution >= 4 is 54.6 Å². The van der Waals surface area contributed by atoms with Gasteiger partial charge in [0.25, 0.3) is 20.2 Å². The highest BCUT2D eigenvalue weighted by molar-refractivity contribution is 7.86. The summed E-state index contributed by atoms with van der Waals surface area (Å²) in [5, 5.41) is 2.63. The number of hydrogen-bond acceptors (Lipinski definition) is 10. The lowest BCUT2D eigenvalue weighted by Crippen LogP contribution is -2.25. The highest BCUT2D eigenvalue weighted by Crippen LogP contribution is 2.42. The standard InChI is InChI=1S/C21H17N3O9S2/c1-33-13-7-6-11(17(22)21(13)35(30,31)32)24-12-8-14(34(27,28)29)18(23)16-15(12)19(25)9-4-2-3-5-10(9)20(16)26/h2-8,24H,22-23H2,1H3,(H,27,28,29)(H,30,31,32). The Balaban J connectivity index is 2.04. The van der Waals surface area contributed by atoms with Gasteiger partial charge in [-0.15, -0.1) is 0 Å². The third-order valence-corrected chi connectivity index (χ3v) is 7.22. The van der Waals surface area contributed by atoms with Gasteiger partial charge in [-0.1, -0.05) is 24.3 Å². The van der Waals surface area contributed by atoms with E-state index in [0.717, 1.165) is 19.2 Å². The van der Waals surface area contributed by atoms with Crippen molar-refractivity contribution in [3.63, 3.8) is 0 Å². The van der Waals surface area contributed by atoms with E-state index in [4.69, 9.17) is 16.2 Å². The number of methoxy groups -OCH3 is 1. The zero-order chi connectivity index (χ0) is 25.9. The maximum atomic E-state index is 13.3. The number of fused-ring (bicyclic) bond motifs is 2. The fraction of sp³-hybridized carbons (Fsp3) is 0.0476. The van der Waals surface area contributed by atoms with E-state index in [-0.39, 0.29) is 33.8 Å². The molecule has 12 nitrogen and oxygen atoms in total. The van der Waals surface area contributed by atoms with Crippen LogP contribution < -0.4 is 21.5 Å². The van der Waals surface area contributed by atoms with Gasteiger partial charge in [-0.05, 0) is 18.2 Å². The summed E-state index contributed by atoms with van der Waals surface area (Å²) in [6.45, 7) is 0. The second kappa shape index (κ2) is 8.06. The molecule has 0 aliphatic heterocycles. The Kier molecular flexibility index (Phi) is 5.56. The first-order valence-corrected chi connectivity index (χ1v) is 12.5. The zero-order valence-electron chi connectivity index (χ0n) is 17.8. The van der Waals surface area contributed by atoms with Crippen LogP contribution in [0.1, 0.15) is 31.8 Å². The van der Waals surface area contributed by atoms with E-state index in [1.54, 1.807) is 0 Å². The van der Waals surface area contributed by atoms with Gasteiger partial charge in [-0.3, -0.25) is 18.7 Å². The maximum absolute atomic E-state index is 13.3. The van der Waals surface area contributed by atoms with Crippen LogP contribution in [0.3, 0.4) is 0 Å². The Hall–Kier alpha value is -3.98. The SMILES string of the molecule is COc1ccc(Nc2cc(S(=O)(=O)O)c(N)c3c2C(=O)c2ccccc2C3=O)c(N)c1S(=O)(=O)O. The molecular formula is C21H17N3O9S2. The van der Waals surface area contributed by atoms with Gasteiger partial charge in [0.15, 0.2) is 16.5 Å². The van der Waals surface area contributed by atoms with Gasteiger partial charge in [-0.2, -0.15) is 16.8 Å². The van der Waals surface area contributed by atoms with E-state index in [9.17, 15) is 35.5 Å². The number of rotatable bonds is 5. The lowest BCUT2D eigenvalue weighted by atomic mass is 9.82. The average molecular weight is 520 g/mol. The summed E-state index contributed by atoms with van der Waals surface area (Å²) >= 11 is 0. The van der Waals surface area contributed by atoms with Crippen LogP contribution in [-0.2, 0) is 20.2 Å². The van der Waals surface area contributed by atoms with Crippen LogP contribution in [0.25, 0.3) is 0 Å². The molecule has 1 aliphatic rings. The van der Waals surface area contributed by atoms with Gasteiger partial charge in [0.2, 0.25) is 0 Å². The Labute approximate surface area is 199 Å². The van der Waals surface area contributed by atoms with Crippen LogP contribution in [-0.4, -0.2) is 44.6 Å². The molecule has 3 aromatic carbocycles. The van der Waals surface area contributed by atoms with Crippen LogP contribution >= 0.6 is 0 Å². The van der Waals surface area contributed by atoms with Crippen LogP contribution in [0.2, 0.25) is 0 Å². The van der Waals surface area contributed by atoms with Crippen molar-refractivity contribution in [3.8, 4) is 5.75 Å². The van der Waals surface area contributed by atoms with Crippen LogP contribution in [0.4, 0.5) is 22.7 Å². The van der Waals surface area contributed by atoms with Crippen LogP contribution in [0, 0.1) is 0 Å². The molecular weight excluding hydrogens is 502 g/mol. The average Bonchev–Trinajstić information content (AvgIpc) is 2.77. The molecule has 0 amide bonds. The lowest BCUT2D eigenvalue weighted by molar-refractivity contribution is 0.0980. The molecule has 0 unspecified atom stereocenters. The number of nitrogen functional groups attached to an aromatic ring is 2. The van der Waals surface area contributed by atoms with Crippen molar-refractivity contribution in [1.29, 1.82) is 0 Å². The molecule has 35 heavy (non-hydrogen) atoms. The summed E-state index contributed by atoms with van der Waals surface area (Å²) < 4.78 is 72.0. The largest absolute Gasteiger partial charge is 0.495 e. The second-order valence-electron chi connectivity index (χ2n) is 7.42. The highest BCUT2D eigenvalue weighted by Gasteiger charge is 2.36. The molecule has 0 saturated carbocycles. The Morgan fingerprint density at radius 1 is 0.800 bits per heavy atom. The minimum atomic E-state index is -4.97. The molecule has 14 heteroatoms. The molecule has 3 aromatic rings. The van der Waals surface area contributed by atoms with Crippen molar-refractivity contribution in [2.24, 2.45) is 0 Å². The van der Waals surface area contributed by atoms with E-state index in [2.05, 4.69) is 5.32 Å². The molecule has 0 fully saturated rings. The van der Waals surface area contributed by atoms with Crippen molar-refractivity contribution < 1.29 is 40.3 Å². The van der Waals surface area contributed by atoms with E-state index in [1.165, 1.54) is 30.3 Å². The molecule has 0 saturated heterocycles. The summed E-state index contributed by atoms with van der Waals surface area (Å²) in [7, 11) is -8.70. The minimum Gasteiger partial charge on any atom is -0.495 e. The number of hydrogen-bond donors (Lipinski definition) is 5. The number of carbonyl (C=O) groups excluding carboxylic acids is 2. The Bertz CT molecular complexity index is 1660. The van der Waals surface area contributed by atoms with E-state index in [1.807, 2.05) is 0 Å². The van der Waals surface area contributed by atoms with Gasteiger partial charge in [-0.25, -0.2) is 0 Å². The third kappa shape index (κ3) is 3.87. The Morgan fingerprint density at radius 3 is 1.89 bits per heavy atom. The van der Waals surface area contributed by atoms with E-state index in [0.29, 0.717) is 0 Å². The molecule has 0 radical (unpaired) electrons. The molecule has 0 aromatic heterocycles. The molecule has 0 atom stereocenters. The molecule has 4 rings (SSSR count). The fourth-order valence-electron chi connectivity index (χ4n) is 3.87. The number of anilines is 4. The smallest absolute Gasteiger partial charge is 0.300 e. The van der Waals surface area contributed by atoms with Gasteiger partial charge in [0.1, 0.15) is 10.6 Å². The summed E-state index contributed by atoms with van der Waals surface area (Å²) in [5.41, 5.74) is 9.41. The zero-order valence-corrected chi connectivity index (χ0v) is 19.4. The van der Waals surface area contributed by atoms with Gasteiger partial charge in [0, 0.05) is 11.1 Å². The van der Waals surface area contributed by atoms with Gasteiger partial charge in [0.05, 0.1) is 41.0 Å². The van der Waals surface area contributed by atoms with E-state index < -0.39 is 58.5 Å². The third-order valence-electron chi connectivity index (χ3n) is 5.39.